The van der Waals surface area contributed by atoms with Gasteiger partial charge in [-0.2, -0.15) is 0 Å². The first-order valence-electron chi connectivity index (χ1n) is 9.54. The molecule has 0 radical (unpaired) electrons. The van der Waals surface area contributed by atoms with Crippen LogP contribution in [-0.2, 0) is 16.3 Å². The Balaban J connectivity index is 1.50. The molecular formula is C23H22N2O3S. The van der Waals surface area contributed by atoms with Crippen molar-refractivity contribution in [2.75, 3.05) is 11.1 Å². The fourth-order valence-corrected chi connectivity index (χ4v) is 5.29. The predicted molar refractivity (Wildman–Crippen MR) is 114 cm³/mol. The second-order valence-electron chi connectivity index (χ2n) is 7.12. The van der Waals surface area contributed by atoms with Crippen LogP contribution in [0.25, 0.3) is 0 Å². The van der Waals surface area contributed by atoms with Crippen molar-refractivity contribution in [1.82, 2.24) is 5.32 Å². The highest BCUT2D eigenvalue weighted by Gasteiger charge is 2.30. The summed E-state index contributed by atoms with van der Waals surface area (Å²) in [6.45, 7) is 0. The molecule has 0 saturated carbocycles. The smallest absolute Gasteiger partial charge is 0.319 e. The van der Waals surface area contributed by atoms with Crippen molar-refractivity contribution in [1.29, 1.82) is 0 Å². The Kier molecular flexibility index (Phi) is 5.36. The molecule has 0 spiro atoms. The van der Waals surface area contributed by atoms with Crippen molar-refractivity contribution in [2.45, 2.75) is 23.8 Å². The fourth-order valence-electron chi connectivity index (χ4n) is 3.67. The number of carbonyl (C=O) groups excluding carboxylic acids is 1. The number of urea groups is 1. The van der Waals surface area contributed by atoms with Crippen LogP contribution in [0.15, 0.2) is 83.8 Å². The topological polar surface area (TPSA) is 75.3 Å². The lowest BCUT2D eigenvalue weighted by atomic mass is 10.0. The van der Waals surface area contributed by atoms with Crippen molar-refractivity contribution < 1.29 is 13.2 Å². The summed E-state index contributed by atoms with van der Waals surface area (Å²) in [4.78, 5) is 13.0. The SMILES string of the molecule is O=C(Nc1ccccc1Cc1ccccc1)NC1CCS(=O)(=O)c2ccccc21. The number of hydrogen-bond acceptors (Lipinski definition) is 3. The van der Waals surface area contributed by atoms with Crippen LogP contribution in [0.3, 0.4) is 0 Å². The normalized spacial score (nSPS) is 17.2. The zero-order chi connectivity index (χ0) is 20.3. The minimum absolute atomic E-state index is 0.0273. The van der Waals surface area contributed by atoms with Crippen molar-refractivity contribution >= 4 is 21.6 Å². The highest BCUT2D eigenvalue weighted by atomic mass is 32.2. The van der Waals surface area contributed by atoms with Crippen LogP contribution in [0.4, 0.5) is 10.5 Å². The van der Waals surface area contributed by atoms with Gasteiger partial charge >= 0.3 is 6.03 Å². The Morgan fingerprint density at radius 2 is 1.59 bits per heavy atom. The van der Waals surface area contributed by atoms with Gasteiger partial charge in [0.2, 0.25) is 0 Å². The van der Waals surface area contributed by atoms with Crippen LogP contribution in [0.1, 0.15) is 29.2 Å². The van der Waals surface area contributed by atoms with E-state index in [1.54, 1.807) is 24.3 Å². The Morgan fingerprint density at radius 1 is 0.897 bits per heavy atom. The van der Waals surface area contributed by atoms with Gasteiger partial charge in [0.15, 0.2) is 9.84 Å². The van der Waals surface area contributed by atoms with Crippen LogP contribution in [0.2, 0.25) is 0 Å². The summed E-state index contributed by atoms with van der Waals surface area (Å²) in [5.74, 6) is 0.0273. The van der Waals surface area contributed by atoms with Gasteiger partial charge in [0.1, 0.15) is 0 Å². The molecule has 6 heteroatoms. The van der Waals surface area contributed by atoms with Gasteiger partial charge in [-0.25, -0.2) is 13.2 Å². The molecule has 1 unspecified atom stereocenters. The highest BCUT2D eigenvalue weighted by Crippen LogP contribution is 2.32. The van der Waals surface area contributed by atoms with Crippen LogP contribution < -0.4 is 10.6 Å². The van der Waals surface area contributed by atoms with E-state index in [2.05, 4.69) is 22.8 Å². The number of rotatable bonds is 4. The first-order valence-corrected chi connectivity index (χ1v) is 11.2. The van der Waals surface area contributed by atoms with Gasteiger partial charge in [0.25, 0.3) is 0 Å². The van der Waals surface area contributed by atoms with Gasteiger partial charge < -0.3 is 10.6 Å². The van der Waals surface area contributed by atoms with E-state index >= 15 is 0 Å². The predicted octanol–water partition coefficient (Wildman–Crippen LogP) is 4.32. The second kappa shape index (κ2) is 8.09. The van der Waals surface area contributed by atoms with Gasteiger partial charge in [-0.15, -0.1) is 0 Å². The largest absolute Gasteiger partial charge is 0.331 e. The zero-order valence-corrected chi connectivity index (χ0v) is 16.7. The van der Waals surface area contributed by atoms with Crippen LogP contribution in [0, 0.1) is 0 Å². The molecule has 148 valence electrons. The van der Waals surface area contributed by atoms with Gasteiger partial charge in [0.05, 0.1) is 16.7 Å². The zero-order valence-electron chi connectivity index (χ0n) is 15.8. The Morgan fingerprint density at radius 3 is 2.41 bits per heavy atom. The molecule has 3 aromatic carbocycles. The van der Waals surface area contributed by atoms with Crippen molar-refractivity contribution in [3.8, 4) is 0 Å². The lowest BCUT2D eigenvalue weighted by Gasteiger charge is -2.26. The third-order valence-electron chi connectivity index (χ3n) is 5.11. The Hall–Kier alpha value is -3.12. The highest BCUT2D eigenvalue weighted by molar-refractivity contribution is 7.91. The van der Waals surface area contributed by atoms with Crippen LogP contribution in [-0.4, -0.2) is 20.2 Å². The fraction of sp³-hybridized carbons (Fsp3) is 0.174. The molecule has 0 saturated heterocycles. The Labute approximate surface area is 170 Å². The van der Waals surface area contributed by atoms with Gasteiger partial charge in [-0.3, -0.25) is 0 Å². The maximum absolute atomic E-state index is 12.7. The summed E-state index contributed by atoms with van der Waals surface area (Å²) in [5.41, 5.74) is 3.56. The van der Waals surface area contributed by atoms with Gasteiger partial charge in [0, 0.05) is 5.69 Å². The average molecular weight is 407 g/mol. The van der Waals surface area contributed by atoms with E-state index in [0.29, 0.717) is 23.3 Å². The summed E-state index contributed by atoms with van der Waals surface area (Å²) in [5, 5.41) is 5.87. The standard InChI is InChI=1S/C23H22N2O3S/c26-23(25-21-14-15-29(27,28)22-13-7-5-11-19(21)22)24-20-12-6-4-10-18(20)16-17-8-2-1-3-9-17/h1-13,21H,14-16H2,(H2,24,25,26). The number of sulfone groups is 1. The molecule has 4 rings (SSSR count). The number of hydrogen-bond donors (Lipinski definition) is 2. The summed E-state index contributed by atoms with van der Waals surface area (Å²) in [6, 6.07) is 23.9. The van der Waals surface area contributed by atoms with Gasteiger partial charge in [-0.1, -0.05) is 66.7 Å². The molecule has 1 aliphatic rings. The van der Waals surface area contributed by atoms with E-state index < -0.39 is 9.84 Å². The minimum Gasteiger partial charge on any atom is -0.331 e. The lowest BCUT2D eigenvalue weighted by Crippen LogP contribution is -2.36. The summed E-state index contributed by atoms with van der Waals surface area (Å²) in [6.07, 6.45) is 1.07. The number of benzene rings is 3. The average Bonchev–Trinajstić information content (AvgIpc) is 2.73. The minimum atomic E-state index is -3.28. The summed E-state index contributed by atoms with van der Waals surface area (Å²) >= 11 is 0. The van der Waals surface area contributed by atoms with Gasteiger partial charge in [-0.05, 0) is 41.7 Å². The Bertz CT molecular complexity index is 1130. The number of nitrogens with one attached hydrogen (secondary N) is 2. The molecule has 0 fully saturated rings. The molecule has 2 N–H and O–H groups in total. The summed E-state index contributed by atoms with van der Waals surface area (Å²) in [7, 11) is -3.28. The maximum atomic E-state index is 12.7. The number of carbonyl (C=O) groups is 1. The molecular weight excluding hydrogens is 384 g/mol. The monoisotopic (exact) mass is 406 g/mol. The van der Waals surface area contributed by atoms with Crippen molar-refractivity contribution in [2.24, 2.45) is 0 Å². The molecule has 1 heterocycles. The third-order valence-corrected chi connectivity index (χ3v) is 6.93. The first kappa shape index (κ1) is 19.2. The van der Waals surface area contributed by atoms with E-state index in [-0.39, 0.29) is 17.8 Å². The van der Waals surface area contributed by atoms with E-state index in [4.69, 9.17) is 0 Å². The summed E-state index contributed by atoms with van der Waals surface area (Å²) < 4.78 is 24.6. The number of amides is 2. The number of fused-ring (bicyclic) bond motifs is 1. The molecule has 0 aliphatic carbocycles. The van der Waals surface area contributed by atoms with Crippen LogP contribution in [0.5, 0.6) is 0 Å². The second-order valence-corrected chi connectivity index (χ2v) is 9.19. The molecule has 0 bridgehead atoms. The number of para-hydroxylation sites is 1. The number of anilines is 1. The van der Waals surface area contributed by atoms with E-state index in [9.17, 15) is 13.2 Å². The van der Waals surface area contributed by atoms with E-state index in [1.165, 1.54) is 0 Å². The lowest BCUT2D eigenvalue weighted by molar-refractivity contribution is 0.248. The quantitative estimate of drug-likeness (QED) is 0.678. The van der Waals surface area contributed by atoms with Crippen molar-refractivity contribution in [3.63, 3.8) is 0 Å². The van der Waals surface area contributed by atoms with E-state index in [0.717, 1.165) is 16.8 Å². The molecule has 2 amide bonds. The molecule has 0 aromatic heterocycles. The molecule has 1 atom stereocenters. The van der Waals surface area contributed by atoms with Crippen LogP contribution >= 0.6 is 0 Å². The molecule has 5 nitrogen and oxygen atoms in total. The van der Waals surface area contributed by atoms with Crippen molar-refractivity contribution in [3.05, 3.63) is 95.6 Å². The first-order chi connectivity index (χ1) is 14.0. The maximum Gasteiger partial charge on any atom is 0.319 e. The molecule has 29 heavy (non-hydrogen) atoms. The molecule has 1 aliphatic heterocycles. The molecule has 3 aromatic rings. The third kappa shape index (κ3) is 4.32. The van der Waals surface area contributed by atoms with E-state index in [1.807, 2.05) is 42.5 Å².